The first-order valence-corrected chi connectivity index (χ1v) is 8.55. The second kappa shape index (κ2) is 6.25. The molecule has 5 nitrogen and oxygen atoms in total. The molecule has 0 saturated carbocycles. The summed E-state index contributed by atoms with van der Waals surface area (Å²) >= 11 is 0. The van der Waals surface area contributed by atoms with E-state index in [4.69, 9.17) is 4.74 Å². The highest BCUT2D eigenvalue weighted by atomic mass is 32.2. The van der Waals surface area contributed by atoms with Gasteiger partial charge in [-0.25, -0.2) is 8.42 Å². The average molecular weight is 342 g/mol. The normalized spacial score (nSPS) is 11.2. The van der Waals surface area contributed by atoms with Gasteiger partial charge in [-0.3, -0.25) is 0 Å². The van der Waals surface area contributed by atoms with E-state index in [2.05, 4.69) is 0 Å². The molecule has 0 amide bonds. The third kappa shape index (κ3) is 3.18. The predicted molar refractivity (Wildman–Crippen MR) is 88.2 cm³/mol. The molecule has 6 heteroatoms. The smallest absolute Gasteiger partial charge is 0.206 e. The molecular weight excluding hydrogens is 328 g/mol. The summed E-state index contributed by atoms with van der Waals surface area (Å²) in [6, 6.07) is 18.5. The van der Waals surface area contributed by atoms with Crippen LogP contribution < -0.4 is 4.74 Å². The van der Waals surface area contributed by atoms with E-state index in [9.17, 15) is 18.6 Å². The van der Waals surface area contributed by atoms with Gasteiger partial charge in [0.15, 0.2) is 11.5 Å². The van der Waals surface area contributed by atoms with Crippen molar-refractivity contribution in [3.63, 3.8) is 0 Å². The molecule has 0 aliphatic rings. The minimum atomic E-state index is -3.79. The lowest BCUT2D eigenvalue weighted by atomic mass is 10.3. The quantitative estimate of drug-likeness (QED) is 0.706. The Morgan fingerprint density at radius 1 is 0.667 bits per heavy atom. The Labute approximate surface area is 139 Å². The van der Waals surface area contributed by atoms with Crippen LogP contribution in [0.15, 0.2) is 82.6 Å². The zero-order valence-electron chi connectivity index (χ0n) is 12.5. The lowest BCUT2D eigenvalue weighted by molar-refractivity contribution is 0.402. The first kappa shape index (κ1) is 15.9. The molecule has 3 rings (SSSR count). The van der Waals surface area contributed by atoms with Gasteiger partial charge in [0.25, 0.3) is 0 Å². The number of benzene rings is 3. The molecule has 3 aromatic carbocycles. The summed E-state index contributed by atoms with van der Waals surface area (Å²) in [6.45, 7) is 0. The van der Waals surface area contributed by atoms with Crippen molar-refractivity contribution < 1.29 is 23.4 Å². The molecule has 0 spiro atoms. The van der Waals surface area contributed by atoms with Gasteiger partial charge < -0.3 is 14.9 Å². The summed E-state index contributed by atoms with van der Waals surface area (Å²) in [4.78, 5) is -0.0393. The highest BCUT2D eigenvalue weighted by Crippen LogP contribution is 2.31. The monoisotopic (exact) mass is 342 g/mol. The van der Waals surface area contributed by atoms with Crippen LogP contribution in [0.3, 0.4) is 0 Å². The summed E-state index contributed by atoms with van der Waals surface area (Å²) in [7, 11) is -3.79. The number of sulfone groups is 1. The van der Waals surface area contributed by atoms with E-state index in [1.54, 1.807) is 24.3 Å². The van der Waals surface area contributed by atoms with Crippen molar-refractivity contribution in [3.05, 3.63) is 72.8 Å². The van der Waals surface area contributed by atoms with E-state index < -0.39 is 15.6 Å². The van der Waals surface area contributed by atoms with Crippen molar-refractivity contribution >= 4 is 9.84 Å². The maximum atomic E-state index is 12.5. The molecule has 2 N–H and O–H groups in total. The minimum absolute atomic E-state index is 0.0630. The molecule has 3 aromatic rings. The molecule has 0 unspecified atom stereocenters. The topological polar surface area (TPSA) is 83.8 Å². The number of ether oxygens (including phenoxy) is 1. The van der Waals surface area contributed by atoms with Crippen LogP contribution >= 0.6 is 0 Å². The van der Waals surface area contributed by atoms with Crippen molar-refractivity contribution in [1.29, 1.82) is 0 Å². The standard InChI is InChI=1S/C18H14O5S/c19-17-11-10-16(12-18(17)20)24(21,22)15-8-6-14(7-9-15)23-13-4-2-1-3-5-13/h1-12,19-20H. The highest BCUT2D eigenvalue weighted by Gasteiger charge is 2.19. The van der Waals surface area contributed by atoms with E-state index in [0.29, 0.717) is 11.5 Å². The van der Waals surface area contributed by atoms with Crippen molar-refractivity contribution in [2.75, 3.05) is 0 Å². The summed E-state index contributed by atoms with van der Waals surface area (Å²) in [5.41, 5.74) is 0. The Morgan fingerprint density at radius 3 is 1.88 bits per heavy atom. The molecule has 0 heterocycles. The maximum absolute atomic E-state index is 12.5. The molecule has 0 radical (unpaired) electrons. The van der Waals surface area contributed by atoms with Gasteiger partial charge in [0.1, 0.15) is 11.5 Å². The van der Waals surface area contributed by atoms with Crippen LogP contribution in [0, 0.1) is 0 Å². The predicted octanol–water partition coefficient (Wildman–Crippen LogP) is 3.72. The number of aromatic hydroxyl groups is 2. The van der Waals surface area contributed by atoms with Crippen LogP contribution in [0.25, 0.3) is 0 Å². The molecule has 0 saturated heterocycles. The average Bonchev–Trinajstić information content (AvgIpc) is 2.58. The lowest BCUT2D eigenvalue weighted by Gasteiger charge is -2.08. The molecule has 0 fully saturated rings. The number of phenols is 2. The van der Waals surface area contributed by atoms with Gasteiger partial charge in [-0.2, -0.15) is 0 Å². The molecular formula is C18H14O5S. The molecule has 0 aliphatic carbocycles. The Morgan fingerprint density at radius 2 is 1.25 bits per heavy atom. The Bertz CT molecular complexity index is 948. The minimum Gasteiger partial charge on any atom is -0.504 e. The Kier molecular flexibility index (Phi) is 4.14. The van der Waals surface area contributed by atoms with Gasteiger partial charge in [0, 0.05) is 6.07 Å². The van der Waals surface area contributed by atoms with Crippen molar-refractivity contribution in [2.45, 2.75) is 9.79 Å². The van der Waals surface area contributed by atoms with Crippen LogP contribution in [0.1, 0.15) is 0 Å². The highest BCUT2D eigenvalue weighted by molar-refractivity contribution is 7.91. The molecule has 0 atom stereocenters. The number of para-hydroxylation sites is 1. The summed E-state index contributed by atoms with van der Waals surface area (Å²) in [5, 5.41) is 18.8. The first-order chi connectivity index (χ1) is 11.5. The van der Waals surface area contributed by atoms with Gasteiger partial charge in [-0.05, 0) is 48.5 Å². The molecule has 0 aliphatic heterocycles. The Hall–Kier alpha value is -2.99. The van der Waals surface area contributed by atoms with Crippen LogP contribution in [0.2, 0.25) is 0 Å². The van der Waals surface area contributed by atoms with E-state index in [1.165, 1.54) is 18.2 Å². The summed E-state index contributed by atoms with van der Waals surface area (Å²) < 4.78 is 30.7. The zero-order chi connectivity index (χ0) is 17.2. The number of hydrogen-bond donors (Lipinski definition) is 2. The zero-order valence-corrected chi connectivity index (χ0v) is 13.3. The summed E-state index contributed by atoms with van der Waals surface area (Å²) in [5.74, 6) is 0.297. The molecule has 0 bridgehead atoms. The molecule has 0 aromatic heterocycles. The van der Waals surface area contributed by atoms with E-state index in [0.717, 1.165) is 12.1 Å². The van der Waals surface area contributed by atoms with E-state index in [1.807, 2.05) is 18.2 Å². The Balaban J connectivity index is 1.88. The molecule has 122 valence electrons. The van der Waals surface area contributed by atoms with Crippen molar-refractivity contribution in [1.82, 2.24) is 0 Å². The first-order valence-electron chi connectivity index (χ1n) is 7.07. The fourth-order valence-corrected chi connectivity index (χ4v) is 3.40. The third-order valence-corrected chi connectivity index (χ3v) is 5.14. The molecule has 24 heavy (non-hydrogen) atoms. The van der Waals surface area contributed by atoms with Gasteiger partial charge in [0.2, 0.25) is 9.84 Å². The summed E-state index contributed by atoms with van der Waals surface area (Å²) in [6.07, 6.45) is 0. The lowest BCUT2D eigenvalue weighted by Crippen LogP contribution is -2.01. The fraction of sp³-hybridized carbons (Fsp3) is 0. The van der Waals surface area contributed by atoms with E-state index in [-0.39, 0.29) is 15.5 Å². The van der Waals surface area contributed by atoms with Gasteiger partial charge in [-0.15, -0.1) is 0 Å². The largest absolute Gasteiger partial charge is 0.504 e. The van der Waals surface area contributed by atoms with Crippen LogP contribution in [0.5, 0.6) is 23.0 Å². The third-order valence-electron chi connectivity index (χ3n) is 3.37. The number of hydrogen-bond acceptors (Lipinski definition) is 5. The maximum Gasteiger partial charge on any atom is 0.206 e. The van der Waals surface area contributed by atoms with Crippen molar-refractivity contribution in [2.24, 2.45) is 0 Å². The van der Waals surface area contributed by atoms with E-state index >= 15 is 0 Å². The second-order valence-corrected chi connectivity index (χ2v) is 6.99. The SMILES string of the molecule is O=S(=O)(c1ccc(Oc2ccccc2)cc1)c1ccc(O)c(O)c1. The second-order valence-electron chi connectivity index (χ2n) is 5.04. The van der Waals surface area contributed by atoms with Gasteiger partial charge >= 0.3 is 0 Å². The van der Waals surface area contributed by atoms with Gasteiger partial charge in [-0.1, -0.05) is 18.2 Å². The fourth-order valence-electron chi connectivity index (χ4n) is 2.12. The number of phenolic OH excluding ortho intramolecular Hbond substituents is 2. The number of rotatable bonds is 4. The van der Waals surface area contributed by atoms with Crippen LogP contribution in [-0.4, -0.2) is 18.6 Å². The van der Waals surface area contributed by atoms with Crippen molar-refractivity contribution in [3.8, 4) is 23.0 Å². The van der Waals surface area contributed by atoms with Crippen LogP contribution in [-0.2, 0) is 9.84 Å². The van der Waals surface area contributed by atoms with Crippen LogP contribution in [0.4, 0.5) is 0 Å². The van der Waals surface area contributed by atoms with Gasteiger partial charge in [0.05, 0.1) is 9.79 Å².